The van der Waals surface area contributed by atoms with Crippen LogP contribution in [0.1, 0.15) is 15.2 Å². The SMILES string of the molecule is COc1ccc(-c2nc(-c3ccccc3)cc3sc(C(=O)c4ccccc4)c(N)c23)cc1. The van der Waals surface area contributed by atoms with Crippen molar-refractivity contribution in [1.29, 1.82) is 0 Å². The van der Waals surface area contributed by atoms with Crippen molar-refractivity contribution in [2.75, 3.05) is 12.8 Å². The third-order valence-corrected chi connectivity index (χ3v) is 6.54. The van der Waals surface area contributed by atoms with Crippen LogP contribution >= 0.6 is 11.3 Å². The van der Waals surface area contributed by atoms with Crippen molar-refractivity contribution in [3.05, 3.63) is 101 Å². The fourth-order valence-electron chi connectivity index (χ4n) is 3.74. The first kappa shape index (κ1) is 20.0. The molecule has 0 aliphatic carbocycles. The monoisotopic (exact) mass is 436 g/mol. The van der Waals surface area contributed by atoms with Crippen LogP contribution in [0.3, 0.4) is 0 Å². The largest absolute Gasteiger partial charge is 0.497 e. The fraction of sp³-hybridized carbons (Fsp3) is 0.0370. The van der Waals surface area contributed by atoms with Crippen molar-refractivity contribution < 1.29 is 9.53 Å². The van der Waals surface area contributed by atoms with Gasteiger partial charge in [0.25, 0.3) is 0 Å². The molecule has 3 aromatic carbocycles. The van der Waals surface area contributed by atoms with Crippen LogP contribution in [0.25, 0.3) is 32.6 Å². The Morgan fingerprint density at radius 3 is 2.19 bits per heavy atom. The first-order chi connectivity index (χ1) is 15.7. The number of nitrogens with zero attached hydrogens (tertiary/aromatic N) is 1. The summed E-state index contributed by atoms with van der Waals surface area (Å²) < 4.78 is 6.24. The summed E-state index contributed by atoms with van der Waals surface area (Å²) in [6, 6.07) is 29.0. The topological polar surface area (TPSA) is 65.2 Å². The van der Waals surface area contributed by atoms with E-state index in [4.69, 9.17) is 15.5 Å². The minimum Gasteiger partial charge on any atom is -0.497 e. The number of aromatic nitrogens is 1. The van der Waals surface area contributed by atoms with E-state index in [0.29, 0.717) is 16.1 Å². The molecule has 0 bridgehead atoms. The molecular weight excluding hydrogens is 416 g/mol. The molecule has 5 rings (SSSR count). The highest BCUT2D eigenvalue weighted by Crippen LogP contribution is 2.42. The molecule has 32 heavy (non-hydrogen) atoms. The van der Waals surface area contributed by atoms with Gasteiger partial charge in [-0.15, -0.1) is 11.3 Å². The zero-order valence-electron chi connectivity index (χ0n) is 17.4. The molecule has 0 spiro atoms. The zero-order valence-corrected chi connectivity index (χ0v) is 18.2. The maximum Gasteiger partial charge on any atom is 0.205 e. The Kier molecular flexibility index (Phi) is 5.17. The average Bonchev–Trinajstić information content (AvgIpc) is 3.20. The van der Waals surface area contributed by atoms with Crippen molar-refractivity contribution in [2.45, 2.75) is 0 Å². The second kappa shape index (κ2) is 8.29. The number of carbonyl (C=O) groups excluding carboxylic acids is 1. The Labute approximate surface area is 189 Å². The number of ether oxygens (including phenoxy) is 1. The van der Waals surface area contributed by atoms with Gasteiger partial charge in [-0.1, -0.05) is 60.7 Å². The first-order valence-electron chi connectivity index (χ1n) is 10.2. The quantitative estimate of drug-likeness (QED) is 0.322. The maximum absolute atomic E-state index is 13.2. The Hall–Kier alpha value is -3.96. The lowest BCUT2D eigenvalue weighted by molar-refractivity contribution is 0.104. The number of anilines is 1. The highest BCUT2D eigenvalue weighted by Gasteiger charge is 2.22. The van der Waals surface area contributed by atoms with Crippen LogP contribution in [0.5, 0.6) is 5.75 Å². The number of nitrogen functional groups attached to an aromatic ring is 1. The van der Waals surface area contributed by atoms with Crippen molar-refractivity contribution in [1.82, 2.24) is 4.98 Å². The molecule has 4 nitrogen and oxygen atoms in total. The van der Waals surface area contributed by atoms with Crippen molar-refractivity contribution in [3.8, 4) is 28.3 Å². The fourth-order valence-corrected chi connectivity index (χ4v) is 4.87. The van der Waals surface area contributed by atoms with E-state index in [1.165, 1.54) is 11.3 Å². The molecule has 5 aromatic rings. The van der Waals surface area contributed by atoms with Gasteiger partial charge in [-0.3, -0.25) is 4.79 Å². The van der Waals surface area contributed by atoms with Gasteiger partial charge < -0.3 is 10.5 Å². The van der Waals surface area contributed by atoms with E-state index in [1.807, 2.05) is 91.0 Å². The zero-order chi connectivity index (χ0) is 22.1. The van der Waals surface area contributed by atoms with Gasteiger partial charge in [0.1, 0.15) is 5.75 Å². The van der Waals surface area contributed by atoms with Crippen LogP contribution in [0.4, 0.5) is 5.69 Å². The second-order valence-electron chi connectivity index (χ2n) is 7.36. The van der Waals surface area contributed by atoms with Crippen LogP contribution in [0.15, 0.2) is 91.0 Å². The lowest BCUT2D eigenvalue weighted by Gasteiger charge is -2.09. The minimum atomic E-state index is -0.0776. The van der Waals surface area contributed by atoms with Crippen LogP contribution in [0.2, 0.25) is 0 Å². The molecular formula is C27H20N2O2S. The van der Waals surface area contributed by atoms with Gasteiger partial charge in [0.15, 0.2) is 0 Å². The Balaban J connectivity index is 1.75. The van der Waals surface area contributed by atoms with Crippen LogP contribution in [-0.4, -0.2) is 17.9 Å². The molecule has 2 heterocycles. The number of thiophene rings is 1. The summed E-state index contributed by atoms with van der Waals surface area (Å²) in [6.45, 7) is 0. The Morgan fingerprint density at radius 1 is 0.875 bits per heavy atom. The van der Waals surface area contributed by atoms with Gasteiger partial charge in [-0.2, -0.15) is 0 Å². The highest BCUT2D eigenvalue weighted by atomic mass is 32.1. The van der Waals surface area contributed by atoms with E-state index in [9.17, 15) is 4.79 Å². The molecule has 156 valence electrons. The summed E-state index contributed by atoms with van der Waals surface area (Å²) in [5.74, 6) is 0.689. The molecule has 2 aromatic heterocycles. The summed E-state index contributed by atoms with van der Waals surface area (Å²) in [5, 5.41) is 0.805. The summed E-state index contributed by atoms with van der Waals surface area (Å²) in [4.78, 5) is 18.7. The first-order valence-corrected chi connectivity index (χ1v) is 11.0. The molecule has 0 aliphatic heterocycles. The van der Waals surface area contributed by atoms with Crippen LogP contribution in [-0.2, 0) is 0 Å². The predicted octanol–water partition coefficient (Wildman–Crippen LogP) is 6.45. The summed E-state index contributed by atoms with van der Waals surface area (Å²) in [6.07, 6.45) is 0. The lowest BCUT2D eigenvalue weighted by atomic mass is 10.0. The second-order valence-corrected chi connectivity index (χ2v) is 8.42. The molecule has 0 saturated heterocycles. The third kappa shape index (κ3) is 3.53. The summed E-state index contributed by atoms with van der Waals surface area (Å²) in [5.41, 5.74) is 11.2. The number of fused-ring (bicyclic) bond motifs is 1. The van der Waals surface area contributed by atoms with Gasteiger partial charge >= 0.3 is 0 Å². The molecule has 0 radical (unpaired) electrons. The van der Waals surface area contributed by atoms with Gasteiger partial charge in [0.2, 0.25) is 5.78 Å². The maximum atomic E-state index is 13.2. The average molecular weight is 437 g/mol. The molecule has 0 fully saturated rings. The van der Waals surface area contributed by atoms with E-state index in [-0.39, 0.29) is 5.78 Å². The number of hydrogen-bond acceptors (Lipinski definition) is 5. The van der Waals surface area contributed by atoms with E-state index in [0.717, 1.165) is 38.4 Å². The number of hydrogen-bond donors (Lipinski definition) is 1. The number of methoxy groups -OCH3 is 1. The number of carbonyl (C=O) groups is 1. The predicted molar refractivity (Wildman–Crippen MR) is 131 cm³/mol. The van der Waals surface area contributed by atoms with E-state index < -0.39 is 0 Å². The minimum absolute atomic E-state index is 0.0776. The van der Waals surface area contributed by atoms with E-state index in [2.05, 4.69) is 0 Å². The van der Waals surface area contributed by atoms with Gasteiger partial charge in [0.05, 0.1) is 29.1 Å². The van der Waals surface area contributed by atoms with Gasteiger partial charge in [-0.25, -0.2) is 4.98 Å². The normalized spacial score (nSPS) is 10.9. The molecule has 0 atom stereocenters. The summed E-state index contributed by atoms with van der Waals surface area (Å²) >= 11 is 1.41. The third-order valence-electron chi connectivity index (χ3n) is 5.38. The Bertz CT molecular complexity index is 1410. The molecule has 0 aliphatic rings. The molecule has 5 heteroatoms. The number of pyridine rings is 1. The van der Waals surface area contributed by atoms with Crippen molar-refractivity contribution in [2.24, 2.45) is 0 Å². The molecule has 0 saturated carbocycles. The highest BCUT2D eigenvalue weighted by molar-refractivity contribution is 7.22. The van der Waals surface area contributed by atoms with Crippen molar-refractivity contribution in [3.63, 3.8) is 0 Å². The van der Waals surface area contributed by atoms with Gasteiger partial charge in [0, 0.05) is 26.8 Å². The van der Waals surface area contributed by atoms with E-state index in [1.54, 1.807) is 7.11 Å². The lowest BCUT2D eigenvalue weighted by Crippen LogP contribution is -2.02. The van der Waals surface area contributed by atoms with Gasteiger partial charge in [-0.05, 0) is 30.3 Å². The van der Waals surface area contributed by atoms with E-state index >= 15 is 0 Å². The smallest absolute Gasteiger partial charge is 0.205 e. The van der Waals surface area contributed by atoms with Crippen LogP contribution < -0.4 is 10.5 Å². The number of nitrogens with two attached hydrogens (primary N) is 1. The Morgan fingerprint density at radius 2 is 1.53 bits per heavy atom. The molecule has 0 amide bonds. The number of benzene rings is 3. The molecule has 0 unspecified atom stereocenters. The number of ketones is 1. The standard InChI is InChI=1S/C27H20N2O2S/c1-31-20-14-12-18(13-15-20)25-23-22(16-21(29-25)17-8-4-2-5-9-17)32-27(24(23)28)26(30)19-10-6-3-7-11-19/h2-16H,28H2,1H3. The number of rotatable bonds is 5. The van der Waals surface area contributed by atoms with Crippen LogP contribution in [0, 0.1) is 0 Å². The summed E-state index contributed by atoms with van der Waals surface area (Å²) in [7, 11) is 1.64. The van der Waals surface area contributed by atoms with Crippen molar-refractivity contribution >= 4 is 32.9 Å². The molecule has 2 N–H and O–H groups in total.